The zero-order valence-corrected chi connectivity index (χ0v) is 8.70. The molecule has 0 unspecified atom stereocenters. The van der Waals surface area contributed by atoms with Crippen molar-refractivity contribution in [1.29, 1.82) is 0 Å². The normalized spacial score (nSPS) is 10.9. The Labute approximate surface area is 95.1 Å². The third kappa shape index (κ3) is 1.52. The fraction of sp³-hybridized carbons (Fsp3) is 0. The number of nitrogens with zero attached hydrogens (tertiary/aromatic N) is 1. The number of para-hydroxylation sites is 1. The van der Waals surface area contributed by atoms with E-state index in [1.54, 1.807) is 18.2 Å². The summed E-state index contributed by atoms with van der Waals surface area (Å²) in [5, 5.41) is 0. The SMILES string of the molecule is O=c1[nH]c2cccc(-c3ncccc3F)c2[nH]1. The Kier molecular flexibility index (Phi) is 2.04. The molecule has 3 rings (SSSR count). The third-order valence-electron chi connectivity index (χ3n) is 2.56. The molecule has 2 aromatic heterocycles. The topological polar surface area (TPSA) is 61.5 Å². The number of imidazole rings is 1. The summed E-state index contributed by atoms with van der Waals surface area (Å²) in [6.07, 6.45) is 1.52. The average Bonchev–Trinajstić information content (AvgIpc) is 2.70. The minimum Gasteiger partial charge on any atom is -0.306 e. The molecule has 0 aliphatic rings. The Morgan fingerprint density at radius 3 is 2.82 bits per heavy atom. The fourth-order valence-corrected chi connectivity index (χ4v) is 1.84. The fourth-order valence-electron chi connectivity index (χ4n) is 1.84. The first-order valence-electron chi connectivity index (χ1n) is 5.07. The number of aromatic nitrogens is 3. The quantitative estimate of drug-likeness (QED) is 0.670. The summed E-state index contributed by atoms with van der Waals surface area (Å²) < 4.78 is 13.6. The summed E-state index contributed by atoms with van der Waals surface area (Å²) in [7, 11) is 0. The highest BCUT2D eigenvalue weighted by molar-refractivity contribution is 5.90. The van der Waals surface area contributed by atoms with Gasteiger partial charge in [0.25, 0.3) is 0 Å². The van der Waals surface area contributed by atoms with Crippen molar-refractivity contribution in [3.8, 4) is 11.3 Å². The van der Waals surface area contributed by atoms with Gasteiger partial charge in [-0.15, -0.1) is 0 Å². The molecule has 2 heterocycles. The molecular weight excluding hydrogens is 221 g/mol. The monoisotopic (exact) mass is 229 g/mol. The zero-order chi connectivity index (χ0) is 11.8. The van der Waals surface area contributed by atoms with Crippen LogP contribution in [0.2, 0.25) is 0 Å². The molecule has 4 nitrogen and oxygen atoms in total. The van der Waals surface area contributed by atoms with Gasteiger partial charge in [0.15, 0.2) is 0 Å². The van der Waals surface area contributed by atoms with Crippen molar-refractivity contribution in [3.05, 3.63) is 52.8 Å². The van der Waals surface area contributed by atoms with Crippen molar-refractivity contribution >= 4 is 11.0 Å². The highest BCUT2D eigenvalue weighted by atomic mass is 19.1. The molecule has 84 valence electrons. The summed E-state index contributed by atoms with van der Waals surface area (Å²) in [5.41, 5.74) is 1.68. The van der Waals surface area contributed by atoms with Crippen LogP contribution in [0.1, 0.15) is 0 Å². The molecule has 0 radical (unpaired) electrons. The highest BCUT2D eigenvalue weighted by Crippen LogP contribution is 2.25. The Balaban J connectivity index is 2.38. The van der Waals surface area contributed by atoms with Gasteiger partial charge in [0.2, 0.25) is 0 Å². The second-order valence-electron chi connectivity index (χ2n) is 3.64. The van der Waals surface area contributed by atoms with E-state index < -0.39 is 5.82 Å². The molecule has 0 atom stereocenters. The Bertz CT molecular complexity index is 745. The lowest BCUT2D eigenvalue weighted by Gasteiger charge is -2.02. The molecule has 0 amide bonds. The zero-order valence-electron chi connectivity index (χ0n) is 8.70. The number of fused-ring (bicyclic) bond motifs is 1. The van der Waals surface area contributed by atoms with Crippen LogP contribution in [0.3, 0.4) is 0 Å². The summed E-state index contributed by atoms with van der Waals surface area (Å²) in [4.78, 5) is 20.5. The van der Waals surface area contributed by atoms with Crippen molar-refractivity contribution < 1.29 is 4.39 Å². The molecular formula is C12H8FN3O. The molecule has 0 saturated heterocycles. The van der Waals surface area contributed by atoms with Gasteiger partial charge in [-0.1, -0.05) is 12.1 Å². The van der Waals surface area contributed by atoms with Crippen LogP contribution >= 0.6 is 0 Å². The van der Waals surface area contributed by atoms with Gasteiger partial charge >= 0.3 is 5.69 Å². The Morgan fingerprint density at radius 1 is 1.12 bits per heavy atom. The van der Waals surface area contributed by atoms with Gasteiger partial charge in [-0.05, 0) is 18.2 Å². The van der Waals surface area contributed by atoms with E-state index in [1.165, 1.54) is 18.3 Å². The standard InChI is InChI=1S/C12H8FN3O/c13-8-4-2-6-14-10(8)7-3-1-5-9-11(7)16-12(17)15-9/h1-6H,(H2,15,16,17). The van der Waals surface area contributed by atoms with Crippen molar-refractivity contribution in [2.24, 2.45) is 0 Å². The number of rotatable bonds is 1. The number of aromatic amines is 2. The maximum Gasteiger partial charge on any atom is 0.323 e. The lowest BCUT2D eigenvalue weighted by atomic mass is 10.1. The van der Waals surface area contributed by atoms with Gasteiger partial charge in [0.05, 0.1) is 11.0 Å². The number of hydrogen-bond donors (Lipinski definition) is 2. The maximum absolute atomic E-state index is 13.6. The lowest BCUT2D eigenvalue weighted by molar-refractivity contribution is 0.626. The number of hydrogen-bond acceptors (Lipinski definition) is 2. The van der Waals surface area contributed by atoms with Crippen LogP contribution in [0.5, 0.6) is 0 Å². The van der Waals surface area contributed by atoms with Gasteiger partial charge in [0.1, 0.15) is 11.5 Å². The van der Waals surface area contributed by atoms with Gasteiger partial charge < -0.3 is 9.97 Å². The molecule has 5 heteroatoms. The summed E-state index contributed by atoms with van der Waals surface area (Å²) in [6, 6.07) is 8.08. The molecule has 0 fully saturated rings. The highest BCUT2D eigenvalue weighted by Gasteiger charge is 2.11. The van der Waals surface area contributed by atoms with Crippen LogP contribution in [0.4, 0.5) is 4.39 Å². The molecule has 3 aromatic rings. The van der Waals surface area contributed by atoms with Crippen LogP contribution in [0.25, 0.3) is 22.3 Å². The third-order valence-corrected chi connectivity index (χ3v) is 2.56. The first kappa shape index (κ1) is 9.77. The number of H-pyrrole nitrogens is 2. The predicted molar refractivity (Wildman–Crippen MR) is 62.1 cm³/mol. The number of benzene rings is 1. The Morgan fingerprint density at radius 2 is 2.00 bits per heavy atom. The number of halogens is 1. The van der Waals surface area contributed by atoms with Crippen molar-refractivity contribution in [2.75, 3.05) is 0 Å². The largest absolute Gasteiger partial charge is 0.323 e. The molecule has 0 aliphatic carbocycles. The van der Waals surface area contributed by atoms with Gasteiger partial charge in [-0.2, -0.15) is 0 Å². The van der Waals surface area contributed by atoms with E-state index in [1.807, 2.05) is 0 Å². The smallest absolute Gasteiger partial charge is 0.306 e. The maximum atomic E-state index is 13.6. The van der Waals surface area contributed by atoms with Gasteiger partial charge in [0, 0.05) is 11.8 Å². The van der Waals surface area contributed by atoms with E-state index in [0.29, 0.717) is 16.6 Å². The van der Waals surface area contributed by atoms with Crippen LogP contribution in [0, 0.1) is 5.82 Å². The molecule has 2 N–H and O–H groups in total. The van der Waals surface area contributed by atoms with E-state index in [-0.39, 0.29) is 11.4 Å². The van der Waals surface area contributed by atoms with Crippen LogP contribution in [-0.4, -0.2) is 15.0 Å². The number of nitrogens with one attached hydrogen (secondary N) is 2. The average molecular weight is 229 g/mol. The summed E-state index contributed by atoms with van der Waals surface area (Å²) >= 11 is 0. The van der Waals surface area contributed by atoms with Crippen LogP contribution in [0.15, 0.2) is 41.3 Å². The van der Waals surface area contributed by atoms with E-state index in [9.17, 15) is 9.18 Å². The van der Waals surface area contributed by atoms with Crippen molar-refractivity contribution in [3.63, 3.8) is 0 Å². The lowest BCUT2D eigenvalue weighted by Crippen LogP contribution is -1.99. The molecule has 1 aromatic carbocycles. The van der Waals surface area contributed by atoms with Gasteiger partial charge in [-0.25, -0.2) is 9.18 Å². The van der Waals surface area contributed by atoms with E-state index in [2.05, 4.69) is 15.0 Å². The molecule has 0 aliphatic heterocycles. The van der Waals surface area contributed by atoms with E-state index in [4.69, 9.17) is 0 Å². The first-order chi connectivity index (χ1) is 8.25. The summed E-state index contributed by atoms with van der Waals surface area (Å²) in [6.45, 7) is 0. The van der Waals surface area contributed by atoms with E-state index in [0.717, 1.165) is 0 Å². The molecule has 0 bridgehead atoms. The minimum absolute atomic E-state index is 0.230. The van der Waals surface area contributed by atoms with Crippen molar-refractivity contribution in [2.45, 2.75) is 0 Å². The Hall–Kier alpha value is -2.43. The first-order valence-corrected chi connectivity index (χ1v) is 5.07. The van der Waals surface area contributed by atoms with Gasteiger partial charge in [-0.3, -0.25) is 4.98 Å². The second kappa shape index (κ2) is 3.55. The number of pyridine rings is 1. The molecule has 17 heavy (non-hydrogen) atoms. The molecule has 0 saturated carbocycles. The minimum atomic E-state index is -0.415. The molecule has 0 spiro atoms. The summed E-state index contributed by atoms with van der Waals surface area (Å²) in [5.74, 6) is -0.415. The van der Waals surface area contributed by atoms with Crippen molar-refractivity contribution in [1.82, 2.24) is 15.0 Å². The van der Waals surface area contributed by atoms with Crippen LogP contribution in [-0.2, 0) is 0 Å². The van der Waals surface area contributed by atoms with E-state index >= 15 is 0 Å². The van der Waals surface area contributed by atoms with Crippen LogP contribution < -0.4 is 5.69 Å². The predicted octanol–water partition coefficient (Wildman–Crippen LogP) is 2.06. The second-order valence-corrected chi connectivity index (χ2v) is 3.64.